The first-order valence-electron chi connectivity index (χ1n) is 6.39. The van der Waals surface area contributed by atoms with Crippen LogP contribution in [0.2, 0.25) is 0 Å². The average molecular weight is 276 g/mol. The van der Waals surface area contributed by atoms with Gasteiger partial charge in [0.15, 0.2) is 0 Å². The lowest BCUT2D eigenvalue weighted by Gasteiger charge is -2.18. The van der Waals surface area contributed by atoms with Crippen molar-refractivity contribution in [2.45, 2.75) is 13.5 Å². The van der Waals surface area contributed by atoms with E-state index in [9.17, 15) is 9.18 Å². The number of H-pyrrole nitrogens is 1. The summed E-state index contributed by atoms with van der Waals surface area (Å²) in [6.07, 6.45) is 3.32. The number of halogens is 1. The molecule has 0 saturated heterocycles. The lowest BCUT2D eigenvalue weighted by atomic mass is 10.1. The molecule has 2 N–H and O–H groups in total. The van der Waals surface area contributed by atoms with Crippen molar-refractivity contribution >= 4 is 11.6 Å². The maximum atomic E-state index is 13.8. The van der Waals surface area contributed by atoms with Crippen LogP contribution in [0.5, 0.6) is 0 Å². The van der Waals surface area contributed by atoms with Gasteiger partial charge in [-0.1, -0.05) is 6.07 Å². The zero-order valence-electron chi connectivity index (χ0n) is 11.5. The smallest absolute Gasteiger partial charge is 0.256 e. The normalized spacial score (nSPS) is 10.3. The highest BCUT2D eigenvalue weighted by Crippen LogP contribution is 2.21. The van der Waals surface area contributed by atoms with Crippen LogP contribution in [0.25, 0.3) is 0 Å². The Bertz CT molecular complexity index is 583. The van der Waals surface area contributed by atoms with Crippen molar-refractivity contribution in [2.75, 3.05) is 18.9 Å². The number of anilines is 1. The average Bonchev–Trinajstić information content (AvgIpc) is 2.93. The second-order valence-electron chi connectivity index (χ2n) is 4.39. The molecule has 5 nitrogen and oxygen atoms in total. The molecule has 0 atom stereocenters. The molecule has 1 amide bonds. The molecule has 106 valence electrons. The van der Waals surface area contributed by atoms with Gasteiger partial charge < -0.3 is 15.2 Å². The fourth-order valence-corrected chi connectivity index (χ4v) is 1.95. The largest absolute Gasteiger partial charge is 0.382 e. The van der Waals surface area contributed by atoms with E-state index < -0.39 is 5.82 Å². The van der Waals surface area contributed by atoms with Crippen molar-refractivity contribution in [3.63, 3.8) is 0 Å². The van der Waals surface area contributed by atoms with E-state index in [-0.39, 0.29) is 11.6 Å². The molecular formula is C14H17FN4O. The lowest BCUT2D eigenvalue weighted by Crippen LogP contribution is -2.27. The highest BCUT2D eigenvalue weighted by molar-refractivity contribution is 5.99. The minimum atomic E-state index is -0.427. The number of nitrogens with zero attached hydrogens (tertiary/aromatic N) is 2. The van der Waals surface area contributed by atoms with Gasteiger partial charge in [-0.05, 0) is 19.1 Å². The van der Waals surface area contributed by atoms with E-state index in [0.717, 1.165) is 0 Å². The monoisotopic (exact) mass is 276 g/mol. The molecule has 0 fully saturated rings. The van der Waals surface area contributed by atoms with E-state index >= 15 is 0 Å². The van der Waals surface area contributed by atoms with Gasteiger partial charge in [-0.2, -0.15) is 0 Å². The van der Waals surface area contributed by atoms with Gasteiger partial charge in [0, 0.05) is 26.0 Å². The summed E-state index contributed by atoms with van der Waals surface area (Å²) in [6, 6.07) is 4.48. The maximum Gasteiger partial charge on any atom is 0.256 e. The van der Waals surface area contributed by atoms with Crippen LogP contribution in [0.3, 0.4) is 0 Å². The SMILES string of the molecule is CCNc1c(F)cccc1C(=O)N(C)Cc1ncc[nH]1. The minimum absolute atomic E-state index is 0.242. The first kappa shape index (κ1) is 14.0. The highest BCUT2D eigenvalue weighted by atomic mass is 19.1. The van der Waals surface area contributed by atoms with Crippen molar-refractivity contribution in [1.29, 1.82) is 0 Å². The van der Waals surface area contributed by atoms with Gasteiger partial charge >= 0.3 is 0 Å². The minimum Gasteiger partial charge on any atom is -0.382 e. The van der Waals surface area contributed by atoms with Crippen molar-refractivity contribution in [2.24, 2.45) is 0 Å². The van der Waals surface area contributed by atoms with Crippen LogP contribution in [0.4, 0.5) is 10.1 Å². The van der Waals surface area contributed by atoms with E-state index in [4.69, 9.17) is 0 Å². The summed E-state index contributed by atoms with van der Waals surface area (Å²) in [7, 11) is 1.66. The topological polar surface area (TPSA) is 61.0 Å². The van der Waals surface area contributed by atoms with Gasteiger partial charge in [0.05, 0.1) is 17.8 Å². The van der Waals surface area contributed by atoms with Gasteiger partial charge in [0.2, 0.25) is 0 Å². The molecule has 0 aliphatic rings. The highest BCUT2D eigenvalue weighted by Gasteiger charge is 2.18. The predicted molar refractivity (Wildman–Crippen MR) is 74.9 cm³/mol. The first-order chi connectivity index (χ1) is 9.63. The quantitative estimate of drug-likeness (QED) is 0.880. The summed E-state index contributed by atoms with van der Waals surface area (Å²) in [5.41, 5.74) is 0.562. The van der Waals surface area contributed by atoms with Crippen LogP contribution in [0, 0.1) is 5.82 Å². The number of amides is 1. The van der Waals surface area contributed by atoms with E-state index in [1.54, 1.807) is 25.5 Å². The van der Waals surface area contributed by atoms with E-state index in [1.807, 2.05) is 6.92 Å². The third-order valence-corrected chi connectivity index (χ3v) is 2.89. The molecule has 0 spiro atoms. The van der Waals surface area contributed by atoms with Crippen molar-refractivity contribution in [3.05, 3.63) is 47.8 Å². The standard InChI is InChI=1S/C14H17FN4O/c1-3-16-13-10(5-4-6-11(13)15)14(20)19(2)9-12-17-7-8-18-12/h4-8,16H,3,9H2,1-2H3,(H,17,18). The second-order valence-corrected chi connectivity index (χ2v) is 4.39. The molecule has 1 heterocycles. The molecule has 0 radical (unpaired) electrons. The van der Waals surface area contributed by atoms with Crippen LogP contribution in [-0.2, 0) is 6.54 Å². The number of rotatable bonds is 5. The molecule has 0 aliphatic heterocycles. The Kier molecular flexibility index (Phi) is 4.34. The summed E-state index contributed by atoms with van der Waals surface area (Å²) >= 11 is 0. The Morgan fingerprint density at radius 1 is 1.50 bits per heavy atom. The predicted octanol–water partition coefficient (Wildman–Crippen LogP) is 2.25. The molecule has 0 bridgehead atoms. The molecule has 2 aromatic rings. The number of carbonyl (C=O) groups is 1. The fraction of sp³-hybridized carbons (Fsp3) is 0.286. The second kappa shape index (κ2) is 6.18. The van der Waals surface area contributed by atoms with Crippen molar-refractivity contribution in [3.8, 4) is 0 Å². The zero-order valence-corrected chi connectivity index (χ0v) is 11.5. The molecule has 2 rings (SSSR count). The lowest BCUT2D eigenvalue weighted by molar-refractivity contribution is 0.0782. The Morgan fingerprint density at radius 2 is 2.30 bits per heavy atom. The molecular weight excluding hydrogens is 259 g/mol. The summed E-state index contributed by atoms with van der Waals surface area (Å²) < 4.78 is 13.8. The Balaban J connectivity index is 2.22. The third-order valence-electron chi connectivity index (χ3n) is 2.89. The number of hydrogen-bond acceptors (Lipinski definition) is 3. The number of imidazole rings is 1. The summed E-state index contributed by atoms with van der Waals surface area (Å²) in [5, 5.41) is 2.89. The molecule has 0 unspecified atom stereocenters. The van der Waals surface area contributed by atoms with E-state index in [0.29, 0.717) is 24.5 Å². The summed E-state index contributed by atoms with van der Waals surface area (Å²) in [4.78, 5) is 20.9. The van der Waals surface area contributed by atoms with Crippen LogP contribution < -0.4 is 5.32 Å². The number of aromatic amines is 1. The summed E-state index contributed by atoms with van der Waals surface area (Å²) in [6.45, 7) is 2.74. The van der Waals surface area contributed by atoms with Crippen molar-refractivity contribution in [1.82, 2.24) is 14.9 Å². The maximum absolute atomic E-state index is 13.8. The van der Waals surface area contributed by atoms with Crippen LogP contribution in [0.1, 0.15) is 23.1 Å². The van der Waals surface area contributed by atoms with Gasteiger partial charge in [-0.3, -0.25) is 4.79 Å². The number of para-hydroxylation sites is 1. The Hall–Kier alpha value is -2.37. The van der Waals surface area contributed by atoms with Crippen molar-refractivity contribution < 1.29 is 9.18 Å². The van der Waals surface area contributed by atoms with Gasteiger partial charge in [0.1, 0.15) is 11.6 Å². The van der Waals surface area contributed by atoms with E-state index in [2.05, 4.69) is 15.3 Å². The third kappa shape index (κ3) is 2.96. The molecule has 0 aliphatic carbocycles. The van der Waals surface area contributed by atoms with Gasteiger partial charge in [0.25, 0.3) is 5.91 Å². The Morgan fingerprint density at radius 3 is 2.95 bits per heavy atom. The first-order valence-corrected chi connectivity index (χ1v) is 6.39. The zero-order chi connectivity index (χ0) is 14.5. The molecule has 0 saturated carbocycles. The number of nitrogens with one attached hydrogen (secondary N) is 2. The van der Waals surface area contributed by atoms with Crippen LogP contribution in [-0.4, -0.2) is 34.4 Å². The number of benzene rings is 1. The van der Waals surface area contributed by atoms with Gasteiger partial charge in [-0.15, -0.1) is 0 Å². The Labute approximate surface area is 116 Å². The van der Waals surface area contributed by atoms with Crippen LogP contribution >= 0.6 is 0 Å². The van der Waals surface area contributed by atoms with Gasteiger partial charge in [-0.25, -0.2) is 9.37 Å². The molecule has 6 heteroatoms. The molecule has 1 aromatic heterocycles. The summed E-state index contributed by atoms with van der Waals surface area (Å²) in [5.74, 6) is 0.00297. The number of carbonyl (C=O) groups excluding carboxylic acids is 1. The number of aromatic nitrogens is 2. The molecule has 20 heavy (non-hydrogen) atoms. The molecule has 1 aromatic carbocycles. The van der Waals surface area contributed by atoms with Crippen LogP contribution in [0.15, 0.2) is 30.6 Å². The number of hydrogen-bond donors (Lipinski definition) is 2. The van der Waals surface area contributed by atoms with E-state index in [1.165, 1.54) is 17.0 Å². The fourth-order valence-electron chi connectivity index (χ4n) is 1.95.